The molecule has 2 aromatic rings. The number of nitrogens with one attached hydrogen (secondary N) is 2. The van der Waals surface area contributed by atoms with E-state index in [4.69, 9.17) is 14.6 Å². The first-order valence-corrected chi connectivity index (χ1v) is 9.14. The van der Waals surface area contributed by atoms with E-state index < -0.39 is 0 Å². The molecule has 1 fully saturated rings. The molecule has 1 amide bonds. The Morgan fingerprint density at radius 1 is 1.22 bits per heavy atom. The normalized spacial score (nSPS) is 15.7. The van der Waals surface area contributed by atoms with E-state index >= 15 is 0 Å². The highest BCUT2D eigenvalue weighted by molar-refractivity contribution is 6.04. The number of aliphatic imine (C=N–C) groups is 1. The van der Waals surface area contributed by atoms with Crippen LogP contribution in [0.25, 0.3) is 0 Å². The Balaban J connectivity index is 1.76. The fourth-order valence-electron chi connectivity index (χ4n) is 3.18. The molecule has 4 rings (SSSR count). The smallest absolute Gasteiger partial charge is 0.274 e. The van der Waals surface area contributed by atoms with Crippen molar-refractivity contribution in [3.8, 4) is 11.5 Å². The van der Waals surface area contributed by atoms with Crippen molar-refractivity contribution in [2.24, 2.45) is 4.99 Å². The maximum Gasteiger partial charge on any atom is 0.274 e. The number of benzene rings is 2. The van der Waals surface area contributed by atoms with E-state index in [0.29, 0.717) is 23.6 Å². The van der Waals surface area contributed by atoms with Gasteiger partial charge in [0.25, 0.3) is 5.91 Å². The van der Waals surface area contributed by atoms with Crippen molar-refractivity contribution < 1.29 is 14.4 Å². The number of hydrogen-bond donors (Lipinski definition) is 2. The lowest BCUT2D eigenvalue weighted by Gasteiger charge is -2.30. The van der Waals surface area contributed by atoms with Gasteiger partial charge in [0, 0.05) is 31.7 Å². The number of hydrogen-bond acceptors (Lipinski definition) is 6. The van der Waals surface area contributed by atoms with Crippen LogP contribution in [0.4, 0.5) is 5.69 Å². The Labute approximate surface area is 157 Å². The first kappa shape index (κ1) is 17.5. The quantitative estimate of drug-likeness (QED) is 0.816. The molecule has 0 spiro atoms. The fourth-order valence-corrected chi connectivity index (χ4v) is 3.18. The molecule has 2 aromatic carbocycles. The standard InChI is InChI=1S/C20H22N4O3/c1-2-26-23-20(25)14-7-8-18-16(13-14)22-19(24-11-9-21-10-12-24)15-5-3-4-6-17(15)27-18/h3-8,13,21H,2,9-12H2,1H3,(H,23,25). The van der Waals surface area contributed by atoms with Gasteiger partial charge in [0.15, 0.2) is 5.75 Å². The summed E-state index contributed by atoms with van der Waals surface area (Å²) in [5.74, 6) is 1.95. The summed E-state index contributed by atoms with van der Waals surface area (Å²) in [7, 11) is 0. The molecule has 0 saturated carbocycles. The Bertz CT molecular complexity index is 875. The Hall–Kier alpha value is -2.90. The zero-order valence-corrected chi connectivity index (χ0v) is 15.2. The Morgan fingerprint density at radius 2 is 2.04 bits per heavy atom. The van der Waals surface area contributed by atoms with E-state index in [9.17, 15) is 4.79 Å². The van der Waals surface area contributed by atoms with Crippen molar-refractivity contribution in [1.82, 2.24) is 15.7 Å². The maximum atomic E-state index is 12.2. The average molecular weight is 366 g/mol. The summed E-state index contributed by atoms with van der Waals surface area (Å²) >= 11 is 0. The molecule has 2 heterocycles. The second-order valence-corrected chi connectivity index (χ2v) is 6.32. The predicted molar refractivity (Wildman–Crippen MR) is 103 cm³/mol. The zero-order chi connectivity index (χ0) is 18.6. The van der Waals surface area contributed by atoms with Crippen LogP contribution in [0.2, 0.25) is 0 Å². The minimum Gasteiger partial charge on any atom is -0.454 e. The third-order valence-electron chi connectivity index (χ3n) is 4.52. The van der Waals surface area contributed by atoms with E-state index in [1.54, 1.807) is 18.2 Å². The van der Waals surface area contributed by atoms with Gasteiger partial charge in [-0.25, -0.2) is 10.5 Å². The van der Waals surface area contributed by atoms with Gasteiger partial charge < -0.3 is 15.0 Å². The molecular weight excluding hydrogens is 344 g/mol. The second-order valence-electron chi connectivity index (χ2n) is 6.32. The number of fused-ring (bicyclic) bond motifs is 2. The number of nitrogens with zero attached hydrogens (tertiary/aromatic N) is 2. The largest absolute Gasteiger partial charge is 0.454 e. The van der Waals surface area contributed by atoms with Crippen LogP contribution in [0.15, 0.2) is 47.5 Å². The number of carbonyl (C=O) groups is 1. The number of amides is 1. The number of piperazine rings is 1. The number of carbonyl (C=O) groups excluding carboxylic acids is 1. The SMILES string of the molecule is CCONC(=O)c1ccc2c(c1)N=C(N1CCNCC1)c1ccccc1O2. The van der Waals surface area contributed by atoms with E-state index in [2.05, 4.69) is 15.7 Å². The zero-order valence-electron chi connectivity index (χ0n) is 15.2. The van der Waals surface area contributed by atoms with Crippen LogP contribution in [0.3, 0.4) is 0 Å². The molecular formula is C20H22N4O3. The number of hydroxylamine groups is 1. The molecule has 0 bridgehead atoms. The lowest BCUT2D eigenvalue weighted by molar-refractivity contribution is 0.0364. The van der Waals surface area contributed by atoms with E-state index in [-0.39, 0.29) is 5.91 Å². The maximum absolute atomic E-state index is 12.2. The molecule has 0 aliphatic carbocycles. The van der Waals surface area contributed by atoms with Crippen molar-refractivity contribution >= 4 is 17.4 Å². The fraction of sp³-hybridized carbons (Fsp3) is 0.300. The summed E-state index contributed by atoms with van der Waals surface area (Å²) in [6, 6.07) is 13.1. The lowest BCUT2D eigenvalue weighted by atomic mass is 10.1. The Morgan fingerprint density at radius 3 is 2.85 bits per heavy atom. The molecule has 0 aromatic heterocycles. The van der Waals surface area contributed by atoms with Crippen molar-refractivity contribution in [1.29, 1.82) is 0 Å². The minimum absolute atomic E-state index is 0.305. The average Bonchev–Trinajstić information content (AvgIpc) is 2.88. The van der Waals surface area contributed by atoms with Gasteiger partial charge >= 0.3 is 0 Å². The molecule has 7 heteroatoms. The molecule has 2 aliphatic rings. The van der Waals surface area contributed by atoms with Crippen LogP contribution in [-0.2, 0) is 4.84 Å². The highest BCUT2D eigenvalue weighted by Gasteiger charge is 2.24. The summed E-state index contributed by atoms with van der Waals surface area (Å²) in [6.07, 6.45) is 0. The summed E-state index contributed by atoms with van der Waals surface area (Å²) in [5, 5.41) is 3.36. The summed E-state index contributed by atoms with van der Waals surface area (Å²) < 4.78 is 6.12. The van der Waals surface area contributed by atoms with Crippen LogP contribution < -0.4 is 15.5 Å². The highest BCUT2D eigenvalue weighted by Crippen LogP contribution is 2.38. The molecule has 0 unspecified atom stereocenters. The molecule has 27 heavy (non-hydrogen) atoms. The monoisotopic (exact) mass is 366 g/mol. The van der Waals surface area contributed by atoms with Crippen molar-refractivity contribution in [2.75, 3.05) is 32.8 Å². The van der Waals surface area contributed by atoms with E-state index in [1.165, 1.54) is 0 Å². The van der Waals surface area contributed by atoms with Gasteiger partial charge in [-0.05, 0) is 37.3 Å². The van der Waals surface area contributed by atoms with E-state index in [0.717, 1.165) is 43.3 Å². The molecule has 2 N–H and O–H groups in total. The Kier molecular flexibility index (Phi) is 5.04. The van der Waals surface area contributed by atoms with E-state index in [1.807, 2.05) is 31.2 Å². The van der Waals surface area contributed by atoms with Crippen LogP contribution in [0, 0.1) is 0 Å². The molecule has 140 valence electrons. The number of amidine groups is 1. The first-order chi connectivity index (χ1) is 13.3. The van der Waals surface area contributed by atoms with Gasteiger partial charge in [-0.3, -0.25) is 9.63 Å². The molecule has 0 radical (unpaired) electrons. The van der Waals surface area contributed by atoms with Gasteiger partial charge in [0.1, 0.15) is 17.3 Å². The number of ether oxygens (including phenoxy) is 1. The van der Waals surface area contributed by atoms with Crippen LogP contribution in [-0.4, -0.2) is 49.4 Å². The van der Waals surface area contributed by atoms with Crippen molar-refractivity contribution in [3.05, 3.63) is 53.6 Å². The topological polar surface area (TPSA) is 75.2 Å². The van der Waals surface area contributed by atoms with Gasteiger partial charge in [-0.15, -0.1) is 0 Å². The number of rotatable bonds is 3. The summed E-state index contributed by atoms with van der Waals surface area (Å²) in [6.45, 7) is 5.77. The van der Waals surface area contributed by atoms with Gasteiger partial charge in [-0.1, -0.05) is 12.1 Å². The third kappa shape index (κ3) is 3.65. The van der Waals surface area contributed by atoms with Crippen LogP contribution in [0.5, 0.6) is 11.5 Å². The first-order valence-electron chi connectivity index (χ1n) is 9.14. The lowest BCUT2D eigenvalue weighted by Crippen LogP contribution is -2.46. The predicted octanol–water partition coefficient (Wildman–Crippen LogP) is 2.46. The third-order valence-corrected chi connectivity index (χ3v) is 4.52. The molecule has 0 atom stereocenters. The molecule has 2 aliphatic heterocycles. The highest BCUT2D eigenvalue weighted by atomic mass is 16.6. The van der Waals surface area contributed by atoms with Crippen molar-refractivity contribution in [2.45, 2.75) is 6.92 Å². The van der Waals surface area contributed by atoms with Gasteiger partial charge in [-0.2, -0.15) is 0 Å². The second kappa shape index (κ2) is 7.77. The minimum atomic E-state index is -0.305. The van der Waals surface area contributed by atoms with Gasteiger partial charge in [0.2, 0.25) is 0 Å². The molecule has 1 saturated heterocycles. The number of para-hydroxylation sites is 1. The molecule has 7 nitrogen and oxygen atoms in total. The van der Waals surface area contributed by atoms with Crippen LogP contribution >= 0.6 is 0 Å². The van der Waals surface area contributed by atoms with Crippen molar-refractivity contribution in [3.63, 3.8) is 0 Å². The van der Waals surface area contributed by atoms with Crippen LogP contribution in [0.1, 0.15) is 22.8 Å². The summed E-state index contributed by atoms with van der Waals surface area (Å²) in [5.41, 5.74) is 4.47. The summed E-state index contributed by atoms with van der Waals surface area (Å²) in [4.78, 5) is 24.4. The van der Waals surface area contributed by atoms with Gasteiger partial charge in [0.05, 0.1) is 12.2 Å².